The van der Waals surface area contributed by atoms with Gasteiger partial charge in [-0.1, -0.05) is 0 Å². The second-order valence-corrected chi connectivity index (χ2v) is 3.48. The molecule has 0 radical (unpaired) electrons. The van der Waals surface area contributed by atoms with E-state index in [1.807, 2.05) is 0 Å². The summed E-state index contributed by atoms with van der Waals surface area (Å²) in [5.74, 6) is -1.83. The smallest absolute Gasteiger partial charge is 0.339 e. The lowest BCUT2D eigenvalue weighted by molar-refractivity contribution is 0.0693. The molecule has 0 aliphatic carbocycles. The van der Waals surface area contributed by atoms with E-state index in [1.54, 1.807) is 6.92 Å². The summed E-state index contributed by atoms with van der Waals surface area (Å²) in [7, 11) is 0. The van der Waals surface area contributed by atoms with Gasteiger partial charge in [-0.15, -0.1) is 0 Å². The van der Waals surface area contributed by atoms with E-state index in [0.29, 0.717) is 12.0 Å². The van der Waals surface area contributed by atoms with Gasteiger partial charge in [0.2, 0.25) is 0 Å². The summed E-state index contributed by atoms with van der Waals surface area (Å²) in [5, 5.41) is 27.4. The molecular weight excluding hydrogens is 198 g/mol. The first-order chi connectivity index (χ1) is 6.91. The van der Waals surface area contributed by atoms with Crippen LogP contribution in [0.3, 0.4) is 0 Å². The number of carboxylic acid groups (broad SMARTS) is 1. The van der Waals surface area contributed by atoms with Gasteiger partial charge in [-0.2, -0.15) is 0 Å². The third-order valence-electron chi connectivity index (χ3n) is 1.97. The summed E-state index contributed by atoms with van der Waals surface area (Å²) >= 11 is 0. The van der Waals surface area contributed by atoms with Crippen molar-refractivity contribution in [2.75, 3.05) is 0 Å². The fourth-order valence-corrected chi connectivity index (χ4v) is 1.30. The zero-order valence-electron chi connectivity index (χ0n) is 8.27. The van der Waals surface area contributed by atoms with Crippen molar-refractivity contribution >= 4 is 5.97 Å². The number of hydrogen-bond acceptors (Lipinski definition) is 4. The Morgan fingerprint density at radius 1 is 1.40 bits per heavy atom. The maximum absolute atomic E-state index is 10.7. The van der Waals surface area contributed by atoms with Crippen LogP contribution in [0, 0.1) is 0 Å². The molecule has 0 bridgehead atoms. The van der Waals surface area contributed by atoms with Crippen LogP contribution in [0.2, 0.25) is 0 Å². The van der Waals surface area contributed by atoms with E-state index in [-0.39, 0.29) is 17.4 Å². The van der Waals surface area contributed by atoms with E-state index < -0.39 is 11.7 Å². The van der Waals surface area contributed by atoms with Crippen molar-refractivity contribution in [1.29, 1.82) is 0 Å². The molecule has 0 fully saturated rings. The lowest BCUT2D eigenvalue weighted by atomic mass is 10.0. The molecule has 82 valence electrons. The molecule has 1 unspecified atom stereocenters. The van der Waals surface area contributed by atoms with Crippen molar-refractivity contribution in [2.45, 2.75) is 19.4 Å². The fraction of sp³-hybridized carbons (Fsp3) is 0.300. The molecule has 1 rings (SSSR count). The van der Waals surface area contributed by atoms with Gasteiger partial charge in [0.15, 0.2) is 0 Å². The molecule has 0 spiro atoms. The van der Waals surface area contributed by atoms with Crippen molar-refractivity contribution in [3.63, 3.8) is 0 Å². The first kappa shape index (κ1) is 11.3. The van der Waals surface area contributed by atoms with Crippen molar-refractivity contribution in [3.05, 3.63) is 23.3 Å². The molecule has 0 amide bonds. The van der Waals surface area contributed by atoms with Crippen molar-refractivity contribution < 1.29 is 20.1 Å². The summed E-state index contributed by atoms with van der Waals surface area (Å²) in [6, 6.07) is 2.06. The topological polar surface area (TPSA) is 104 Å². The number of phenolic OH excluding ortho intramolecular Hbond substituents is 1. The molecule has 1 aromatic rings. The van der Waals surface area contributed by atoms with Gasteiger partial charge in [0.1, 0.15) is 17.1 Å². The Kier molecular flexibility index (Phi) is 3.16. The Morgan fingerprint density at radius 3 is 2.47 bits per heavy atom. The van der Waals surface area contributed by atoms with E-state index in [0.717, 1.165) is 6.07 Å². The highest BCUT2D eigenvalue weighted by Gasteiger charge is 2.14. The van der Waals surface area contributed by atoms with E-state index in [1.165, 1.54) is 6.07 Å². The SMILES string of the molecule is CC(N)Cc1cc(C(=O)O)c(O)cc1O. The van der Waals surface area contributed by atoms with Crippen LogP contribution in [0.25, 0.3) is 0 Å². The van der Waals surface area contributed by atoms with Gasteiger partial charge in [-0.3, -0.25) is 0 Å². The fourth-order valence-electron chi connectivity index (χ4n) is 1.30. The van der Waals surface area contributed by atoms with Crippen LogP contribution in [0.1, 0.15) is 22.8 Å². The summed E-state index contributed by atoms with van der Waals surface area (Å²) in [5.41, 5.74) is 5.72. The zero-order chi connectivity index (χ0) is 11.6. The molecule has 5 heteroatoms. The number of benzene rings is 1. The van der Waals surface area contributed by atoms with Crippen molar-refractivity contribution in [1.82, 2.24) is 0 Å². The Morgan fingerprint density at radius 2 is 2.00 bits per heavy atom. The maximum Gasteiger partial charge on any atom is 0.339 e. The third kappa shape index (κ3) is 2.60. The number of phenols is 2. The van der Waals surface area contributed by atoms with Gasteiger partial charge in [0, 0.05) is 12.1 Å². The van der Waals surface area contributed by atoms with Gasteiger partial charge in [-0.25, -0.2) is 4.79 Å². The quantitative estimate of drug-likeness (QED) is 0.588. The number of aromatic hydroxyl groups is 2. The first-order valence-corrected chi connectivity index (χ1v) is 4.45. The maximum atomic E-state index is 10.7. The normalized spacial score (nSPS) is 12.4. The van der Waals surface area contributed by atoms with Crippen molar-refractivity contribution in [2.24, 2.45) is 5.73 Å². The van der Waals surface area contributed by atoms with Crippen LogP contribution in [-0.2, 0) is 6.42 Å². The molecule has 0 saturated carbocycles. The number of nitrogens with two attached hydrogens (primary N) is 1. The van der Waals surface area contributed by atoms with E-state index in [9.17, 15) is 15.0 Å². The molecule has 15 heavy (non-hydrogen) atoms. The molecule has 5 nitrogen and oxygen atoms in total. The minimum Gasteiger partial charge on any atom is -0.508 e. The predicted molar refractivity (Wildman–Crippen MR) is 54.1 cm³/mol. The van der Waals surface area contributed by atoms with Crippen LogP contribution in [0.5, 0.6) is 11.5 Å². The second-order valence-electron chi connectivity index (χ2n) is 3.48. The molecular formula is C10H13NO4. The Balaban J connectivity index is 3.17. The van der Waals surface area contributed by atoms with E-state index >= 15 is 0 Å². The Labute approximate surface area is 86.8 Å². The highest BCUT2D eigenvalue weighted by molar-refractivity contribution is 5.91. The monoisotopic (exact) mass is 211 g/mol. The number of aromatic carboxylic acids is 1. The van der Waals surface area contributed by atoms with Gasteiger partial charge < -0.3 is 21.1 Å². The van der Waals surface area contributed by atoms with Crippen LogP contribution >= 0.6 is 0 Å². The molecule has 0 aliphatic heterocycles. The van der Waals surface area contributed by atoms with Crippen LogP contribution in [-0.4, -0.2) is 27.3 Å². The second kappa shape index (κ2) is 4.18. The van der Waals surface area contributed by atoms with Crippen LogP contribution in [0.4, 0.5) is 0 Å². The largest absolute Gasteiger partial charge is 0.508 e. The molecule has 0 aliphatic rings. The minimum atomic E-state index is -1.24. The van der Waals surface area contributed by atoms with Gasteiger partial charge in [-0.05, 0) is 25.0 Å². The number of hydrogen-bond donors (Lipinski definition) is 4. The van der Waals surface area contributed by atoms with Gasteiger partial charge in [0.25, 0.3) is 0 Å². The standard InChI is InChI=1S/C10H13NO4/c1-5(11)2-6-3-7(10(14)15)9(13)4-8(6)12/h3-5,12-13H,2,11H2,1H3,(H,14,15). The Bertz CT molecular complexity index is 387. The van der Waals surface area contributed by atoms with Gasteiger partial charge in [0.05, 0.1) is 0 Å². The Hall–Kier alpha value is -1.75. The highest BCUT2D eigenvalue weighted by Crippen LogP contribution is 2.28. The molecule has 0 aromatic heterocycles. The van der Waals surface area contributed by atoms with Crippen LogP contribution < -0.4 is 5.73 Å². The lowest BCUT2D eigenvalue weighted by Crippen LogP contribution is -2.18. The number of carboxylic acids is 1. The van der Waals surface area contributed by atoms with E-state index in [4.69, 9.17) is 10.8 Å². The molecule has 0 heterocycles. The lowest BCUT2D eigenvalue weighted by Gasteiger charge is -2.09. The highest BCUT2D eigenvalue weighted by atomic mass is 16.4. The summed E-state index contributed by atoms with van der Waals surface area (Å²) < 4.78 is 0. The molecule has 1 atom stereocenters. The average molecular weight is 211 g/mol. The zero-order valence-corrected chi connectivity index (χ0v) is 8.27. The minimum absolute atomic E-state index is 0.144. The van der Waals surface area contributed by atoms with E-state index in [2.05, 4.69) is 0 Å². The third-order valence-corrected chi connectivity index (χ3v) is 1.97. The first-order valence-electron chi connectivity index (χ1n) is 4.45. The molecule has 5 N–H and O–H groups in total. The average Bonchev–Trinajstić information content (AvgIpc) is 2.08. The molecule has 0 saturated heterocycles. The van der Waals surface area contributed by atoms with Crippen LogP contribution in [0.15, 0.2) is 12.1 Å². The summed E-state index contributed by atoms with van der Waals surface area (Å²) in [6.45, 7) is 1.74. The predicted octanol–water partition coefficient (Wildman–Crippen LogP) is 0.686. The summed E-state index contributed by atoms with van der Waals surface area (Å²) in [4.78, 5) is 10.7. The molecule has 1 aromatic carbocycles. The number of rotatable bonds is 3. The summed E-state index contributed by atoms with van der Waals surface area (Å²) in [6.07, 6.45) is 0.354. The van der Waals surface area contributed by atoms with Gasteiger partial charge >= 0.3 is 5.97 Å². The number of carbonyl (C=O) groups is 1. The van der Waals surface area contributed by atoms with Crippen molar-refractivity contribution in [3.8, 4) is 11.5 Å².